The molecule has 1 aliphatic carbocycles. The smallest absolute Gasteiger partial charge is 0.222 e. The molecule has 0 N–H and O–H groups in total. The van der Waals surface area contributed by atoms with Gasteiger partial charge in [-0.05, 0) is 44.2 Å². The summed E-state index contributed by atoms with van der Waals surface area (Å²) in [6.45, 7) is 4.39. The van der Waals surface area contributed by atoms with E-state index in [1.165, 1.54) is 0 Å². The van der Waals surface area contributed by atoms with Gasteiger partial charge in [-0.15, -0.1) is 0 Å². The minimum atomic E-state index is 0.286. The molecule has 1 aromatic rings. The maximum absolute atomic E-state index is 12.0. The van der Waals surface area contributed by atoms with Crippen LogP contribution < -0.4 is 9.47 Å². The number of methoxy groups -OCH3 is 1. The maximum Gasteiger partial charge on any atom is 0.222 e. The molecule has 0 aromatic heterocycles. The molecular formula is C21H31ClN2O3. The first-order valence-electron chi connectivity index (χ1n) is 9.86. The number of hydrogen-bond donors (Lipinski definition) is 0. The second kappa shape index (κ2) is 8.70. The molecule has 1 aromatic carbocycles. The number of carbonyl (C=O) groups is 1. The molecule has 0 radical (unpaired) electrons. The molecule has 1 aliphatic heterocycles. The average molecular weight is 395 g/mol. The molecule has 2 fully saturated rings. The van der Waals surface area contributed by atoms with E-state index < -0.39 is 0 Å². The van der Waals surface area contributed by atoms with Crippen LogP contribution in [0.5, 0.6) is 11.5 Å². The van der Waals surface area contributed by atoms with E-state index in [0.29, 0.717) is 41.7 Å². The number of halogens is 1. The summed E-state index contributed by atoms with van der Waals surface area (Å²) in [7, 11) is 5.73. The Morgan fingerprint density at radius 3 is 2.74 bits per heavy atom. The number of hydrogen-bond acceptors (Lipinski definition) is 4. The summed E-state index contributed by atoms with van der Waals surface area (Å²) < 4.78 is 11.5. The number of piperidine rings is 1. The number of amides is 1. The molecule has 0 spiro atoms. The summed E-state index contributed by atoms with van der Waals surface area (Å²) in [6.07, 6.45) is 3.86. The number of likely N-dealkylation sites (tertiary alicyclic amines) is 1. The van der Waals surface area contributed by atoms with Crippen molar-refractivity contribution in [2.24, 2.45) is 11.8 Å². The molecule has 2 aliphatic rings. The van der Waals surface area contributed by atoms with E-state index in [2.05, 4.69) is 18.9 Å². The average Bonchev–Trinajstić information content (AvgIpc) is 3.03. The number of nitrogens with zero attached hydrogens (tertiary/aromatic N) is 2. The van der Waals surface area contributed by atoms with Crippen molar-refractivity contribution in [3.8, 4) is 11.5 Å². The lowest BCUT2D eigenvalue weighted by molar-refractivity contribution is -0.134. The summed E-state index contributed by atoms with van der Waals surface area (Å²) in [4.78, 5) is 16.3. The summed E-state index contributed by atoms with van der Waals surface area (Å²) >= 11 is 6.31. The largest absolute Gasteiger partial charge is 0.493 e. The van der Waals surface area contributed by atoms with Crippen LogP contribution in [0.2, 0.25) is 5.02 Å². The number of carbonyl (C=O) groups excluding carboxylic acids is 1. The van der Waals surface area contributed by atoms with Gasteiger partial charge in [-0.2, -0.15) is 0 Å². The Bertz CT molecular complexity index is 682. The van der Waals surface area contributed by atoms with Gasteiger partial charge < -0.3 is 14.4 Å². The van der Waals surface area contributed by atoms with E-state index in [0.717, 1.165) is 43.7 Å². The Balaban J connectivity index is 1.73. The van der Waals surface area contributed by atoms with Crippen LogP contribution in [0.1, 0.15) is 38.2 Å². The molecule has 1 saturated carbocycles. The van der Waals surface area contributed by atoms with Crippen molar-refractivity contribution in [1.29, 1.82) is 0 Å². The molecule has 0 unspecified atom stereocenters. The predicted octanol–water partition coefficient (Wildman–Crippen LogP) is 3.83. The highest BCUT2D eigenvalue weighted by Crippen LogP contribution is 2.41. The van der Waals surface area contributed by atoms with Gasteiger partial charge in [-0.3, -0.25) is 9.69 Å². The molecule has 0 bridgehead atoms. The van der Waals surface area contributed by atoms with Crippen LogP contribution in [0.25, 0.3) is 0 Å². The maximum atomic E-state index is 12.0. The molecule has 5 nitrogen and oxygen atoms in total. The van der Waals surface area contributed by atoms with Crippen molar-refractivity contribution in [1.82, 2.24) is 9.80 Å². The second-order valence-corrected chi connectivity index (χ2v) is 8.42. The van der Waals surface area contributed by atoms with Crippen LogP contribution in [0.4, 0.5) is 0 Å². The molecule has 3 rings (SSSR count). The minimum Gasteiger partial charge on any atom is -0.493 e. The van der Waals surface area contributed by atoms with Gasteiger partial charge >= 0.3 is 0 Å². The molecule has 1 amide bonds. The van der Waals surface area contributed by atoms with Gasteiger partial charge in [0.05, 0.1) is 13.7 Å². The van der Waals surface area contributed by atoms with Crippen molar-refractivity contribution < 1.29 is 14.3 Å². The van der Waals surface area contributed by atoms with Gasteiger partial charge in [0.2, 0.25) is 5.91 Å². The predicted molar refractivity (Wildman–Crippen MR) is 108 cm³/mol. The van der Waals surface area contributed by atoms with Crippen molar-refractivity contribution in [2.75, 3.05) is 34.4 Å². The fourth-order valence-corrected chi connectivity index (χ4v) is 4.74. The third kappa shape index (κ3) is 4.52. The highest BCUT2D eigenvalue weighted by molar-refractivity contribution is 6.30. The summed E-state index contributed by atoms with van der Waals surface area (Å²) in [6, 6.07) is 4.26. The lowest BCUT2D eigenvalue weighted by Gasteiger charge is -2.31. The van der Waals surface area contributed by atoms with Gasteiger partial charge in [-0.25, -0.2) is 0 Å². The van der Waals surface area contributed by atoms with Gasteiger partial charge in [0, 0.05) is 49.3 Å². The van der Waals surface area contributed by atoms with E-state index in [-0.39, 0.29) is 5.91 Å². The first-order valence-corrected chi connectivity index (χ1v) is 10.2. The van der Waals surface area contributed by atoms with Crippen molar-refractivity contribution >= 4 is 17.5 Å². The van der Waals surface area contributed by atoms with Gasteiger partial charge in [0.15, 0.2) is 11.5 Å². The summed E-state index contributed by atoms with van der Waals surface area (Å²) in [5, 5.41) is 0.659. The lowest BCUT2D eigenvalue weighted by Crippen LogP contribution is -2.39. The number of rotatable bonds is 7. The Kier molecular flexibility index (Phi) is 6.53. The Morgan fingerprint density at radius 2 is 2.04 bits per heavy atom. The van der Waals surface area contributed by atoms with Crippen LogP contribution in [-0.2, 0) is 11.3 Å². The zero-order valence-electron chi connectivity index (χ0n) is 16.8. The molecule has 1 heterocycles. The standard InChI is InChI=1S/C21H31ClN2O3/c1-5-6-27-21-16(7-17(22)11-19(21)26-4)13-23(2)18-8-14-10-20(25)24(3)12-15(14)9-18/h7,11,14-15,18H,5-6,8-10,12-13H2,1-4H3/t14-,15+,18-/m1/s1. The van der Waals surface area contributed by atoms with Gasteiger partial charge in [0.25, 0.3) is 0 Å². The van der Waals surface area contributed by atoms with Crippen LogP contribution in [0.3, 0.4) is 0 Å². The number of ether oxygens (including phenoxy) is 2. The van der Waals surface area contributed by atoms with Crippen LogP contribution in [0.15, 0.2) is 12.1 Å². The van der Waals surface area contributed by atoms with E-state index in [9.17, 15) is 4.79 Å². The lowest BCUT2D eigenvalue weighted by atomic mass is 9.88. The van der Waals surface area contributed by atoms with E-state index in [4.69, 9.17) is 21.1 Å². The van der Waals surface area contributed by atoms with Crippen molar-refractivity contribution in [3.63, 3.8) is 0 Å². The molecule has 6 heteroatoms. The SMILES string of the molecule is CCCOc1c(CN(C)[C@@H]2C[C@@H]3CC(=O)N(C)C[C@@H]3C2)cc(Cl)cc1OC. The van der Waals surface area contributed by atoms with E-state index >= 15 is 0 Å². The molecule has 3 atom stereocenters. The molecule has 27 heavy (non-hydrogen) atoms. The van der Waals surface area contributed by atoms with Crippen molar-refractivity contribution in [2.45, 2.75) is 45.2 Å². The first-order chi connectivity index (χ1) is 12.9. The zero-order valence-corrected chi connectivity index (χ0v) is 17.6. The molecular weight excluding hydrogens is 364 g/mol. The second-order valence-electron chi connectivity index (χ2n) is 7.98. The van der Waals surface area contributed by atoms with Crippen LogP contribution in [0, 0.1) is 11.8 Å². The van der Waals surface area contributed by atoms with Crippen molar-refractivity contribution in [3.05, 3.63) is 22.7 Å². The Hall–Kier alpha value is -1.46. The zero-order chi connectivity index (χ0) is 19.6. The van der Waals surface area contributed by atoms with Crippen LogP contribution in [-0.4, -0.2) is 56.1 Å². The fourth-order valence-electron chi connectivity index (χ4n) is 4.50. The normalized spacial score (nSPS) is 25.0. The summed E-state index contributed by atoms with van der Waals surface area (Å²) in [5.41, 5.74) is 1.05. The fraction of sp³-hybridized carbons (Fsp3) is 0.667. The monoisotopic (exact) mass is 394 g/mol. The molecule has 1 saturated heterocycles. The summed E-state index contributed by atoms with van der Waals surface area (Å²) in [5.74, 6) is 2.90. The van der Waals surface area contributed by atoms with E-state index in [1.54, 1.807) is 7.11 Å². The Morgan fingerprint density at radius 1 is 1.30 bits per heavy atom. The number of benzene rings is 1. The third-order valence-corrected chi connectivity index (χ3v) is 6.22. The van der Waals surface area contributed by atoms with Crippen LogP contribution >= 0.6 is 11.6 Å². The molecule has 150 valence electrons. The van der Waals surface area contributed by atoms with Gasteiger partial charge in [-0.1, -0.05) is 18.5 Å². The Labute approximate surface area is 167 Å². The highest BCUT2D eigenvalue weighted by Gasteiger charge is 2.41. The first kappa shape index (κ1) is 20.3. The highest BCUT2D eigenvalue weighted by atomic mass is 35.5. The van der Waals surface area contributed by atoms with E-state index in [1.807, 2.05) is 24.1 Å². The van der Waals surface area contributed by atoms with Gasteiger partial charge in [0.1, 0.15) is 0 Å². The quantitative estimate of drug-likeness (QED) is 0.704. The topological polar surface area (TPSA) is 42.0 Å². The minimum absolute atomic E-state index is 0.286. The third-order valence-electron chi connectivity index (χ3n) is 6.00. The number of fused-ring (bicyclic) bond motifs is 1.